The van der Waals surface area contributed by atoms with E-state index in [0.717, 1.165) is 11.3 Å². The number of nitrogens with two attached hydrogens (primary N) is 1. The molecule has 6 heteroatoms. The maximum Gasteiger partial charge on any atom is 0.247 e. The third kappa shape index (κ3) is 1.94. The highest BCUT2D eigenvalue weighted by molar-refractivity contribution is 6.30. The van der Waals surface area contributed by atoms with Crippen molar-refractivity contribution in [3.8, 4) is 11.5 Å². The van der Waals surface area contributed by atoms with Gasteiger partial charge in [0.2, 0.25) is 12.7 Å². The van der Waals surface area contributed by atoms with Crippen molar-refractivity contribution in [2.24, 2.45) is 5.73 Å². The molecule has 2 aromatic rings. The van der Waals surface area contributed by atoms with Gasteiger partial charge in [0.25, 0.3) is 0 Å². The van der Waals surface area contributed by atoms with E-state index in [1.807, 2.05) is 30.3 Å². The van der Waals surface area contributed by atoms with Crippen LogP contribution in [-0.2, 0) is 4.79 Å². The first-order chi connectivity index (χ1) is 10.6. The fourth-order valence-corrected chi connectivity index (χ4v) is 2.98. The number of carbonyl (C=O) groups is 1. The zero-order chi connectivity index (χ0) is 15.3. The summed E-state index contributed by atoms with van der Waals surface area (Å²) in [5, 5.41) is 0.626. The minimum atomic E-state index is -0.559. The van der Waals surface area contributed by atoms with Gasteiger partial charge in [0, 0.05) is 10.7 Å². The van der Waals surface area contributed by atoms with Crippen molar-refractivity contribution in [2.45, 2.75) is 12.1 Å². The highest BCUT2D eigenvalue weighted by Gasteiger charge is 2.46. The number of carbonyl (C=O) groups excluding carboxylic acids is 1. The number of β-lactam (4-membered cyclic amide) rings is 1. The first-order valence-corrected chi connectivity index (χ1v) is 7.27. The van der Waals surface area contributed by atoms with Crippen LogP contribution in [0.3, 0.4) is 0 Å². The Hall–Kier alpha value is -2.24. The maximum atomic E-state index is 12.2. The Morgan fingerprint density at radius 1 is 1.09 bits per heavy atom. The van der Waals surface area contributed by atoms with Crippen LogP contribution in [-0.4, -0.2) is 18.7 Å². The fourth-order valence-electron chi connectivity index (χ4n) is 2.85. The molecule has 0 radical (unpaired) electrons. The lowest BCUT2D eigenvalue weighted by atomic mass is 9.88. The molecular weight excluding hydrogens is 304 g/mol. The van der Waals surface area contributed by atoms with Crippen LogP contribution in [0.5, 0.6) is 11.5 Å². The van der Waals surface area contributed by atoms with Gasteiger partial charge in [0.1, 0.15) is 6.04 Å². The van der Waals surface area contributed by atoms with Gasteiger partial charge in [-0.15, -0.1) is 0 Å². The molecule has 1 fully saturated rings. The van der Waals surface area contributed by atoms with Gasteiger partial charge in [0.05, 0.1) is 6.04 Å². The lowest BCUT2D eigenvalue weighted by Crippen LogP contribution is -2.63. The van der Waals surface area contributed by atoms with Crippen LogP contribution < -0.4 is 20.1 Å². The molecule has 2 aliphatic heterocycles. The van der Waals surface area contributed by atoms with Gasteiger partial charge in [-0.25, -0.2) is 0 Å². The molecule has 0 aromatic heterocycles. The molecule has 112 valence electrons. The second-order valence-electron chi connectivity index (χ2n) is 5.27. The highest BCUT2D eigenvalue weighted by atomic mass is 35.5. The van der Waals surface area contributed by atoms with Crippen LogP contribution in [0.25, 0.3) is 0 Å². The number of amides is 1. The van der Waals surface area contributed by atoms with Gasteiger partial charge in [0.15, 0.2) is 11.5 Å². The van der Waals surface area contributed by atoms with Crippen LogP contribution in [0.15, 0.2) is 42.5 Å². The van der Waals surface area contributed by atoms with Crippen molar-refractivity contribution < 1.29 is 14.3 Å². The van der Waals surface area contributed by atoms with Gasteiger partial charge < -0.3 is 20.1 Å². The summed E-state index contributed by atoms with van der Waals surface area (Å²) in [5.41, 5.74) is 7.71. The summed E-state index contributed by atoms with van der Waals surface area (Å²) in [6, 6.07) is 12.0. The average Bonchev–Trinajstić information content (AvgIpc) is 3.00. The molecule has 2 N–H and O–H groups in total. The molecule has 2 aliphatic rings. The van der Waals surface area contributed by atoms with Crippen LogP contribution in [0.4, 0.5) is 5.69 Å². The number of hydrogen-bond donors (Lipinski definition) is 1. The monoisotopic (exact) mass is 316 g/mol. The van der Waals surface area contributed by atoms with Gasteiger partial charge in [-0.1, -0.05) is 17.7 Å². The van der Waals surface area contributed by atoms with Crippen LogP contribution in [0, 0.1) is 0 Å². The normalized spacial score (nSPS) is 22.6. The number of anilines is 1. The third-order valence-electron chi connectivity index (χ3n) is 3.98. The Labute approximate surface area is 132 Å². The van der Waals surface area contributed by atoms with E-state index in [-0.39, 0.29) is 18.7 Å². The van der Waals surface area contributed by atoms with E-state index in [1.165, 1.54) is 0 Å². The van der Waals surface area contributed by atoms with E-state index < -0.39 is 6.04 Å². The molecule has 1 amide bonds. The summed E-state index contributed by atoms with van der Waals surface area (Å²) in [5.74, 6) is 1.28. The van der Waals surface area contributed by atoms with E-state index in [1.54, 1.807) is 17.0 Å². The van der Waals surface area contributed by atoms with Crippen molar-refractivity contribution in [2.75, 3.05) is 11.7 Å². The van der Waals surface area contributed by atoms with Crippen LogP contribution in [0.2, 0.25) is 5.02 Å². The van der Waals surface area contributed by atoms with Crippen molar-refractivity contribution in [1.29, 1.82) is 0 Å². The molecule has 4 rings (SSSR count). The zero-order valence-electron chi connectivity index (χ0n) is 11.5. The minimum absolute atomic E-state index is 0.106. The first-order valence-electron chi connectivity index (χ1n) is 6.89. The molecule has 2 atom stereocenters. The summed E-state index contributed by atoms with van der Waals surface area (Å²) < 4.78 is 10.7. The quantitative estimate of drug-likeness (QED) is 0.865. The third-order valence-corrected chi connectivity index (χ3v) is 4.24. The van der Waals surface area contributed by atoms with Gasteiger partial charge >= 0.3 is 0 Å². The van der Waals surface area contributed by atoms with Crippen molar-refractivity contribution >= 4 is 23.2 Å². The Kier molecular flexibility index (Phi) is 2.99. The smallest absolute Gasteiger partial charge is 0.247 e. The number of nitrogens with zero attached hydrogens (tertiary/aromatic N) is 1. The molecule has 2 aromatic carbocycles. The van der Waals surface area contributed by atoms with E-state index >= 15 is 0 Å². The average molecular weight is 317 g/mol. The molecule has 1 saturated heterocycles. The SMILES string of the molecule is N[C@H]1C(=O)N(c2ccc(Cl)cc2)[C@@H]1c1ccc2c(c1)OCO2. The molecule has 0 bridgehead atoms. The van der Waals surface area contributed by atoms with E-state index in [4.69, 9.17) is 26.8 Å². The maximum absolute atomic E-state index is 12.2. The van der Waals surface area contributed by atoms with E-state index in [2.05, 4.69) is 0 Å². The number of rotatable bonds is 2. The summed E-state index contributed by atoms with van der Waals surface area (Å²) in [7, 11) is 0. The number of hydrogen-bond acceptors (Lipinski definition) is 4. The predicted molar refractivity (Wildman–Crippen MR) is 82.2 cm³/mol. The zero-order valence-corrected chi connectivity index (χ0v) is 12.3. The number of benzene rings is 2. The Balaban J connectivity index is 1.70. The second-order valence-corrected chi connectivity index (χ2v) is 5.70. The van der Waals surface area contributed by atoms with Crippen LogP contribution in [0.1, 0.15) is 11.6 Å². The predicted octanol–water partition coefficient (Wildman–Crippen LogP) is 2.48. The standard InChI is InChI=1S/C16H13ClN2O3/c17-10-2-4-11(5-3-10)19-15(14(18)16(19)20)9-1-6-12-13(7-9)22-8-21-12/h1-7,14-15H,8,18H2/t14-,15-/m1/s1. The lowest BCUT2D eigenvalue weighted by molar-refractivity contribution is -0.126. The Bertz CT molecular complexity index is 748. The van der Waals surface area contributed by atoms with E-state index in [9.17, 15) is 4.79 Å². The summed E-state index contributed by atoms with van der Waals surface area (Å²) in [6.45, 7) is 0.218. The van der Waals surface area contributed by atoms with Gasteiger partial charge in [-0.05, 0) is 42.0 Å². The molecule has 22 heavy (non-hydrogen) atoms. The molecule has 2 heterocycles. The largest absolute Gasteiger partial charge is 0.454 e. The van der Waals surface area contributed by atoms with E-state index in [0.29, 0.717) is 16.5 Å². The summed E-state index contributed by atoms with van der Waals surface area (Å²) >= 11 is 5.90. The molecule has 0 saturated carbocycles. The molecule has 0 spiro atoms. The fraction of sp³-hybridized carbons (Fsp3) is 0.188. The Morgan fingerprint density at radius 3 is 2.59 bits per heavy atom. The number of halogens is 1. The van der Waals surface area contributed by atoms with Gasteiger partial charge in [-0.2, -0.15) is 0 Å². The Morgan fingerprint density at radius 2 is 1.82 bits per heavy atom. The lowest BCUT2D eigenvalue weighted by Gasteiger charge is -2.45. The number of ether oxygens (including phenoxy) is 2. The van der Waals surface area contributed by atoms with Crippen LogP contribution >= 0.6 is 11.6 Å². The summed E-state index contributed by atoms with van der Waals surface area (Å²) in [6.07, 6.45) is 0. The second kappa shape index (κ2) is 4.90. The topological polar surface area (TPSA) is 64.8 Å². The molecule has 0 aliphatic carbocycles. The van der Waals surface area contributed by atoms with Crippen molar-refractivity contribution in [3.05, 3.63) is 53.1 Å². The van der Waals surface area contributed by atoms with Crippen molar-refractivity contribution in [3.63, 3.8) is 0 Å². The minimum Gasteiger partial charge on any atom is -0.454 e. The highest BCUT2D eigenvalue weighted by Crippen LogP contribution is 2.42. The first kappa shape index (κ1) is 13.4. The molecule has 0 unspecified atom stereocenters. The molecular formula is C16H13ClN2O3. The van der Waals surface area contributed by atoms with Gasteiger partial charge in [-0.3, -0.25) is 4.79 Å². The summed E-state index contributed by atoms with van der Waals surface area (Å²) in [4.78, 5) is 13.9. The number of fused-ring (bicyclic) bond motifs is 1. The molecule has 5 nitrogen and oxygen atoms in total. The van der Waals surface area contributed by atoms with Crippen molar-refractivity contribution in [1.82, 2.24) is 0 Å².